The van der Waals surface area contributed by atoms with Crippen molar-refractivity contribution in [2.24, 2.45) is 0 Å². The van der Waals surface area contributed by atoms with Crippen LogP contribution in [-0.4, -0.2) is 48.6 Å². The molecule has 0 saturated carbocycles. The summed E-state index contributed by atoms with van der Waals surface area (Å²) in [6.45, 7) is 1.82. The summed E-state index contributed by atoms with van der Waals surface area (Å²) in [7, 11) is 4.66. The van der Waals surface area contributed by atoms with Crippen LogP contribution in [0.25, 0.3) is 16.4 Å². The van der Waals surface area contributed by atoms with E-state index >= 15 is 0 Å². The average Bonchev–Trinajstić information content (AvgIpc) is 3.28. The number of methoxy groups -OCH3 is 3. The van der Waals surface area contributed by atoms with Crippen molar-refractivity contribution in [3.8, 4) is 27.9 Å². The van der Waals surface area contributed by atoms with Crippen molar-refractivity contribution in [1.29, 1.82) is 0 Å². The van der Waals surface area contributed by atoms with Crippen LogP contribution in [0.15, 0.2) is 29.6 Å². The molecule has 2 heterocycles. The van der Waals surface area contributed by atoms with Gasteiger partial charge in [-0.15, -0.1) is 11.3 Å². The van der Waals surface area contributed by atoms with Gasteiger partial charge in [0.15, 0.2) is 11.5 Å². The standard InChI is InChI=1S/C18H20N4O4S/c1-11-7-16(20-17(23)9-24-2)22(21-11)18-19-13(10-27-18)12-5-6-14(25-3)15(8-12)26-4/h5-8,10H,9H2,1-4H3,(H,20,23). The van der Waals surface area contributed by atoms with Gasteiger partial charge in [0.25, 0.3) is 5.91 Å². The van der Waals surface area contributed by atoms with E-state index in [0.717, 1.165) is 17.0 Å². The molecule has 0 fully saturated rings. The number of nitrogens with one attached hydrogen (secondary N) is 1. The van der Waals surface area contributed by atoms with E-state index in [1.54, 1.807) is 25.0 Å². The maximum absolute atomic E-state index is 11.8. The lowest BCUT2D eigenvalue weighted by Gasteiger charge is -2.08. The molecule has 3 aromatic rings. The minimum atomic E-state index is -0.254. The topological polar surface area (TPSA) is 87.5 Å². The van der Waals surface area contributed by atoms with E-state index in [1.165, 1.54) is 18.4 Å². The molecular weight excluding hydrogens is 368 g/mol. The van der Waals surface area contributed by atoms with Gasteiger partial charge in [-0.2, -0.15) is 9.78 Å². The second kappa shape index (κ2) is 8.19. The molecule has 0 saturated heterocycles. The van der Waals surface area contributed by atoms with Crippen molar-refractivity contribution in [2.75, 3.05) is 33.3 Å². The van der Waals surface area contributed by atoms with Crippen LogP contribution in [0, 0.1) is 6.92 Å². The zero-order valence-corrected chi connectivity index (χ0v) is 16.3. The number of rotatable bonds is 7. The minimum absolute atomic E-state index is 0.0288. The Morgan fingerprint density at radius 2 is 1.96 bits per heavy atom. The Hall–Kier alpha value is -2.91. The summed E-state index contributed by atoms with van der Waals surface area (Å²) in [6, 6.07) is 7.40. The molecule has 9 heteroatoms. The Labute approximate surface area is 160 Å². The third kappa shape index (κ3) is 4.09. The van der Waals surface area contributed by atoms with Gasteiger partial charge in [-0.1, -0.05) is 0 Å². The highest BCUT2D eigenvalue weighted by Gasteiger charge is 2.15. The summed E-state index contributed by atoms with van der Waals surface area (Å²) in [6.07, 6.45) is 0. The summed E-state index contributed by atoms with van der Waals surface area (Å²) in [5, 5.41) is 9.77. The molecule has 27 heavy (non-hydrogen) atoms. The molecule has 0 aliphatic rings. The molecule has 1 N–H and O–H groups in total. The molecule has 142 valence electrons. The lowest BCUT2D eigenvalue weighted by atomic mass is 10.1. The molecule has 0 atom stereocenters. The number of anilines is 1. The van der Waals surface area contributed by atoms with Crippen LogP contribution in [0.4, 0.5) is 5.82 Å². The normalized spacial score (nSPS) is 10.7. The van der Waals surface area contributed by atoms with Crippen LogP contribution < -0.4 is 14.8 Å². The molecule has 0 aliphatic carbocycles. The van der Waals surface area contributed by atoms with Crippen LogP contribution in [0.5, 0.6) is 11.5 Å². The lowest BCUT2D eigenvalue weighted by molar-refractivity contribution is -0.119. The van der Waals surface area contributed by atoms with E-state index in [-0.39, 0.29) is 12.5 Å². The number of carbonyl (C=O) groups is 1. The first kappa shape index (κ1) is 18.9. The van der Waals surface area contributed by atoms with Crippen molar-refractivity contribution in [3.05, 3.63) is 35.3 Å². The first-order valence-corrected chi connectivity index (χ1v) is 8.97. The number of nitrogens with zero attached hydrogens (tertiary/aromatic N) is 3. The van der Waals surface area contributed by atoms with E-state index in [2.05, 4.69) is 15.4 Å². The molecule has 2 aromatic heterocycles. The van der Waals surface area contributed by atoms with Gasteiger partial charge >= 0.3 is 0 Å². The van der Waals surface area contributed by atoms with Crippen molar-refractivity contribution < 1.29 is 19.0 Å². The SMILES string of the molecule is COCC(=O)Nc1cc(C)nn1-c1nc(-c2ccc(OC)c(OC)c2)cs1. The van der Waals surface area contributed by atoms with Crippen molar-refractivity contribution >= 4 is 23.1 Å². The predicted octanol–water partition coefficient (Wildman–Crippen LogP) is 2.91. The smallest absolute Gasteiger partial charge is 0.251 e. The fraction of sp³-hybridized carbons (Fsp3) is 0.278. The molecular formula is C18H20N4O4S. The predicted molar refractivity (Wildman–Crippen MR) is 103 cm³/mol. The number of hydrogen-bond acceptors (Lipinski definition) is 7. The number of hydrogen-bond donors (Lipinski definition) is 1. The Morgan fingerprint density at radius 3 is 2.67 bits per heavy atom. The molecule has 1 amide bonds. The number of aryl methyl sites for hydroxylation is 1. The van der Waals surface area contributed by atoms with Gasteiger partial charge in [-0.25, -0.2) is 4.98 Å². The molecule has 1 aromatic carbocycles. The van der Waals surface area contributed by atoms with Gasteiger partial charge < -0.3 is 19.5 Å². The molecule has 0 spiro atoms. The summed E-state index contributed by atoms with van der Waals surface area (Å²) in [4.78, 5) is 16.5. The summed E-state index contributed by atoms with van der Waals surface area (Å²) in [5.74, 6) is 1.58. The zero-order valence-electron chi connectivity index (χ0n) is 15.5. The fourth-order valence-electron chi connectivity index (χ4n) is 2.53. The molecule has 3 rings (SSSR count). The quantitative estimate of drug-likeness (QED) is 0.670. The highest BCUT2D eigenvalue weighted by atomic mass is 32.1. The van der Waals surface area contributed by atoms with E-state index < -0.39 is 0 Å². The second-order valence-electron chi connectivity index (χ2n) is 5.65. The van der Waals surface area contributed by atoms with Gasteiger partial charge in [-0.3, -0.25) is 4.79 Å². The third-order valence-electron chi connectivity index (χ3n) is 3.73. The van der Waals surface area contributed by atoms with E-state index in [1.807, 2.05) is 30.5 Å². The molecule has 8 nitrogen and oxygen atoms in total. The number of ether oxygens (including phenoxy) is 3. The Bertz CT molecular complexity index is 951. The molecule has 0 bridgehead atoms. The second-order valence-corrected chi connectivity index (χ2v) is 6.49. The van der Waals surface area contributed by atoms with Crippen LogP contribution in [0.3, 0.4) is 0 Å². The van der Waals surface area contributed by atoms with Crippen LogP contribution in [0.1, 0.15) is 5.69 Å². The van der Waals surface area contributed by atoms with E-state index in [9.17, 15) is 4.79 Å². The number of carbonyl (C=O) groups excluding carboxylic acids is 1. The zero-order chi connectivity index (χ0) is 19.4. The maximum atomic E-state index is 11.8. The molecule has 0 aliphatic heterocycles. The lowest BCUT2D eigenvalue weighted by Crippen LogP contribution is -2.19. The summed E-state index contributed by atoms with van der Waals surface area (Å²) >= 11 is 1.42. The van der Waals surface area contributed by atoms with Crippen molar-refractivity contribution in [1.82, 2.24) is 14.8 Å². The third-order valence-corrected chi connectivity index (χ3v) is 4.54. The van der Waals surface area contributed by atoms with Crippen LogP contribution in [0.2, 0.25) is 0 Å². The molecule has 0 unspecified atom stereocenters. The summed E-state index contributed by atoms with van der Waals surface area (Å²) < 4.78 is 17.1. The number of aromatic nitrogens is 3. The molecule has 0 radical (unpaired) electrons. The monoisotopic (exact) mass is 388 g/mol. The maximum Gasteiger partial charge on any atom is 0.251 e. The van der Waals surface area contributed by atoms with Crippen molar-refractivity contribution in [2.45, 2.75) is 6.92 Å². The van der Waals surface area contributed by atoms with Crippen LogP contribution >= 0.6 is 11.3 Å². The number of amides is 1. The Balaban J connectivity index is 1.91. The largest absolute Gasteiger partial charge is 0.493 e. The Kier molecular flexibility index (Phi) is 5.72. The van der Waals surface area contributed by atoms with E-state index in [0.29, 0.717) is 22.4 Å². The first-order chi connectivity index (χ1) is 13.0. The van der Waals surface area contributed by atoms with Crippen molar-refractivity contribution in [3.63, 3.8) is 0 Å². The van der Waals surface area contributed by atoms with Gasteiger partial charge in [0, 0.05) is 24.1 Å². The average molecular weight is 388 g/mol. The first-order valence-electron chi connectivity index (χ1n) is 8.09. The number of benzene rings is 1. The van der Waals surface area contributed by atoms with Gasteiger partial charge in [0.1, 0.15) is 12.4 Å². The highest BCUT2D eigenvalue weighted by Crippen LogP contribution is 2.33. The summed E-state index contributed by atoms with van der Waals surface area (Å²) in [5.41, 5.74) is 2.44. The highest BCUT2D eigenvalue weighted by molar-refractivity contribution is 7.12. The fourth-order valence-corrected chi connectivity index (χ4v) is 3.33. The van der Waals surface area contributed by atoms with Gasteiger partial charge in [0.05, 0.1) is 25.6 Å². The van der Waals surface area contributed by atoms with Gasteiger partial charge in [-0.05, 0) is 25.1 Å². The number of thiazole rings is 1. The minimum Gasteiger partial charge on any atom is -0.493 e. The van der Waals surface area contributed by atoms with Gasteiger partial charge in [0.2, 0.25) is 5.13 Å². The Morgan fingerprint density at radius 1 is 1.19 bits per heavy atom. The van der Waals surface area contributed by atoms with Crippen LogP contribution in [-0.2, 0) is 9.53 Å². The van der Waals surface area contributed by atoms with E-state index in [4.69, 9.17) is 14.2 Å².